The standard InChI is InChI=1S/C20H24N4O3/c1-11-15(23-12(2)17(11)20(26)22-9-5-8-21)10-14-13-6-4-7-16(27-3)18(13)24-19(14)25/h4,6-7,10,23H,5,8-9,21H2,1-3H3,(H,22,26)(H,24,25)/b14-10-. The summed E-state index contributed by atoms with van der Waals surface area (Å²) in [7, 11) is 1.57. The van der Waals surface area contributed by atoms with E-state index in [2.05, 4.69) is 15.6 Å². The number of fused-ring (bicyclic) bond motifs is 1. The second-order valence-corrected chi connectivity index (χ2v) is 6.46. The number of H-pyrrole nitrogens is 1. The summed E-state index contributed by atoms with van der Waals surface area (Å²) < 4.78 is 5.32. The Morgan fingerprint density at radius 1 is 1.33 bits per heavy atom. The molecule has 0 saturated heterocycles. The van der Waals surface area contributed by atoms with Crippen molar-refractivity contribution < 1.29 is 14.3 Å². The molecule has 7 nitrogen and oxygen atoms in total. The van der Waals surface area contributed by atoms with Crippen molar-refractivity contribution in [2.75, 3.05) is 25.5 Å². The Morgan fingerprint density at radius 2 is 2.11 bits per heavy atom. The summed E-state index contributed by atoms with van der Waals surface area (Å²) in [6.07, 6.45) is 2.50. The van der Waals surface area contributed by atoms with Gasteiger partial charge in [-0.05, 0) is 44.5 Å². The van der Waals surface area contributed by atoms with Gasteiger partial charge in [0.25, 0.3) is 11.8 Å². The highest BCUT2D eigenvalue weighted by atomic mass is 16.5. The number of methoxy groups -OCH3 is 1. The highest BCUT2D eigenvalue weighted by Gasteiger charge is 2.27. The van der Waals surface area contributed by atoms with Crippen LogP contribution in [0.5, 0.6) is 5.75 Å². The predicted molar refractivity (Wildman–Crippen MR) is 106 cm³/mol. The van der Waals surface area contributed by atoms with Gasteiger partial charge in [0.05, 0.1) is 23.9 Å². The van der Waals surface area contributed by atoms with Crippen LogP contribution in [0.2, 0.25) is 0 Å². The van der Waals surface area contributed by atoms with Crippen LogP contribution in [0.3, 0.4) is 0 Å². The number of aryl methyl sites for hydroxylation is 1. The smallest absolute Gasteiger partial charge is 0.256 e. The fraction of sp³-hybridized carbons (Fsp3) is 0.300. The van der Waals surface area contributed by atoms with E-state index in [1.165, 1.54) is 0 Å². The van der Waals surface area contributed by atoms with Gasteiger partial charge in [0, 0.05) is 23.5 Å². The number of carbonyl (C=O) groups excluding carboxylic acids is 2. The minimum absolute atomic E-state index is 0.141. The van der Waals surface area contributed by atoms with E-state index in [1.807, 2.05) is 26.0 Å². The van der Waals surface area contributed by atoms with E-state index in [-0.39, 0.29) is 11.8 Å². The molecule has 27 heavy (non-hydrogen) atoms. The minimum atomic E-state index is -0.199. The second-order valence-electron chi connectivity index (χ2n) is 6.46. The summed E-state index contributed by atoms with van der Waals surface area (Å²) in [6.45, 7) is 4.78. The molecule has 0 unspecified atom stereocenters. The van der Waals surface area contributed by atoms with Crippen LogP contribution in [-0.2, 0) is 4.79 Å². The zero-order chi connectivity index (χ0) is 19.6. The molecule has 0 saturated carbocycles. The van der Waals surface area contributed by atoms with Crippen LogP contribution < -0.4 is 21.1 Å². The number of hydrogen-bond donors (Lipinski definition) is 4. The summed E-state index contributed by atoms with van der Waals surface area (Å²) >= 11 is 0. The second kappa shape index (κ2) is 7.67. The van der Waals surface area contributed by atoms with Crippen molar-refractivity contribution >= 4 is 29.2 Å². The quantitative estimate of drug-likeness (QED) is 0.463. The van der Waals surface area contributed by atoms with Crippen molar-refractivity contribution in [1.29, 1.82) is 0 Å². The van der Waals surface area contributed by atoms with Gasteiger partial charge in [0.1, 0.15) is 5.75 Å². The van der Waals surface area contributed by atoms with Gasteiger partial charge in [-0.15, -0.1) is 0 Å². The third-order valence-electron chi connectivity index (χ3n) is 4.68. The fourth-order valence-electron chi connectivity index (χ4n) is 3.30. The third kappa shape index (κ3) is 3.46. The summed E-state index contributed by atoms with van der Waals surface area (Å²) in [6, 6.07) is 5.51. The molecule has 0 spiro atoms. The number of carbonyl (C=O) groups is 2. The van der Waals surface area contributed by atoms with E-state index in [0.29, 0.717) is 35.7 Å². The number of anilines is 1. The lowest BCUT2D eigenvalue weighted by Crippen LogP contribution is -2.26. The SMILES string of the molecule is COc1cccc2c1NC(=O)/C2=C\c1[nH]c(C)c(C(=O)NCCCN)c1C. The Balaban J connectivity index is 1.97. The van der Waals surface area contributed by atoms with Gasteiger partial charge in [-0.3, -0.25) is 9.59 Å². The number of aromatic nitrogens is 1. The molecule has 0 bridgehead atoms. The molecule has 0 radical (unpaired) electrons. The molecule has 2 heterocycles. The number of ether oxygens (including phenoxy) is 1. The van der Waals surface area contributed by atoms with Crippen molar-refractivity contribution in [2.24, 2.45) is 5.73 Å². The van der Waals surface area contributed by atoms with Crippen molar-refractivity contribution in [3.05, 3.63) is 46.3 Å². The molecule has 1 aromatic carbocycles. The van der Waals surface area contributed by atoms with Crippen LogP contribution in [0.4, 0.5) is 5.69 Å². The number of rotatable bonds is 6. The Kier molecular flexibility index (Phi) is 5.32. The van der Waals surface area contributed by atoms with E-state index >= 15 is 0 Å². The summed E-state index contributed by atoms with van der Waals surface area (Å²) in [5, 5.41) is 5.72. The van der Waals surface area contributed by atoms with E-state index in [1.54, 1.807) is 19.3 Å². The van der Waals surface area contributed by atoms with Crippen molar-refractivity contribution in [3.63, 3.8) is 0 Å². The third-order valence-corrected chi connectivity index (χ3v) is 4.68. The molecule has 2 aromatic rings. The number of benzene rings is 1. The largest absolute Gasteiger partial charge is 0.495 e. The summed E-state index contributed by atoms with van der Waals surface area (Å²) in [5.74, 6) is 0.274. The molecule has 2 amide bonds. The predicted octanol–water partition coefficient (Wildman–Crippen LogP) is 2.21. The van der Waals surface area contributed by atoms with Crippen LogP contribution in [-0.4, -0.2) is 37.0 Å². The maximum Gasteiger partial charge on any atom is 0.256 e. The first-order chi connectivity index (χ1) is 13.0. The maximum atomic E-state index is 12.5. The monoisotopic (exact) mass is 368 g/mol. The molecule has 3 rings (SSSR count). The lowest BCUT2D eigenvalue weighted by atomic mass is 10.0. The summed E-state index contributed by atoms with van der Waals surface area (Å²) in [4.78, 5) is 28.2. The summed E-state index contributed by atoms with van der Waals surface area (Å²) in [5.41, 5.74) is 10.3. The van der Waals surface area contributed by atoms with Crippen LogP contribution in [0.1, 0.15) is 39.3 Å². The van der Waals surface area contributed by atoms with Gasteiger partial charge in [-0.2, -0.15) is 0 Å². The van der Waals surface area contributed by atoms with E-state index in [4.69, 9.17) is 10.5 Å². The van der Waals surface area contributed by atoms with Gasteiger partial charge >= 0.3 is 0 Å². The maximum absolute atomic E-state index is 12.5. The van der Waals surface area contributed by atoms with Crippen molar-refractivity contribution in [2.45, 2.75) is 20.3 Å². The first kappa shape index (κ1) is 18.7. The van der Waals surface area contributed by atoms with Crippen LogP contribution in [0, 0.1) is 13.8 Å². The zero-order valence-electron chi connectivity index (χ0n) is 15.7. The fourth-order valence-corrected chi connectivity index (χ4v) is 3.30. The number of nitrogens with one attached hydrogen (secondary N) is 3. The Labute approximate surface area is 158 Å². The Hall–Kier alpha value is -3.06. The number of aromatic amines is 1. The van der Waals surface area contributed by atoms with Crippen molar-refractivity contribution in [1.82, 2.24) is 10.3 Å². The molecule has 0 aliphatic carbocycles. The van der Waals surface area contributed by atoms with Gasteiger partial charge in [-0.1, -0.05) is 12.1 Å². The highest BCUT2D eigenvalue weighted by molar-refractivity contribution is 6.35. The molecule has 0 fully saturated rings. The van der Waals surface area contributed by atoms with Crippen LogP contribution >= 0.6 is 0 Å². The van der Waals surface area contributed by atoms with Crippen LogP contribution in [0.25, 0.3) is 11.6 Å². The first-order valence-electron chi connectivity index (χ1n) is 8.85. The lowest BCUT2D eigenvalue weighted by Gasteiger charge is -2.05. The zero-order valence-corrected chi connectivity index (χ0v) is 15.7. The van der Waals surface area contributed by atoms with E-state index < -0.39 is 0 Å². The molecule has 5 N–H and O–H groups in total. The minimum Gasteiger partial charge on any atom is -0.495 e. The van der Waals surface area contributed by atoms with Gasteiger partial charge in [-0.25, -0.2) is 0 Å². The molecule has 7 heteroatoms. The number of para-hydroxylation sites is 1. The normalized spacial score (nSPS) is 14.2. The number of nitrogens with two attached hydrogens (primary N) is 1. The number of hydrogen-bond acceptors (Lipinski definition) is 4. The van der Waals surface area contributed by atoms with Crippen molar-refractivity contribution in [3.8, 4) is 5.75 Å². The van der Waals surface area contributed by atoms with E-state index in [9.17, 15) is 9.59 Å². The van der Waals surface area contributed by atoms with Crippen LogP contribution in [0.15, 0.2) is 18.2 Å². The molecular formula is C20H24N4O3. The molecule has 1 aliphatic heterocycles. The highest BCUT2D eigenvalue weighted by Crippen LogP contribution is 2.39. The van der Waals surface area contributed by atoms with E-state index in [0.717, 1.165) is 28.9 Å². The molecule has 1 aliphatic rings. The number of amides is 2. The molecular weight excluding hydrogens is 344 g/mol. The Morgan fingerprint density at radius 3 is 2.81 bits per heavy atom. The van der Waals surface area contributed by atoms with Gasteiger partial charge in [0.15, 0.2) is 0 Å². The average Bonchev–Trinajstić information content (AvgIpc) is 3.11. The molecule has 142 valence electrons. The lowest BCUT2D eigenvalue weighted by molar-refractivity contribution is -0.110. The average molecular weight is 368 g/mol. The van der Waals surface area contributed by atoms with Gasteiger partial charge < -0.3 is 26.1 Å². The van der Waals surface area contributed by atoms with Gasteiger partial charge in [0.2, 0.25) is 0 Å². The molecule has 0 atom stereocenters. The Bertz CT molecular complexity index is 928. The topological polar surface area (TPSA) is 109 Å². The first-order valence-corrected chi connectivity index (χ1v) is 8.85. The molecule has 1 aromatic heterocycles.